The third kappa shape index (κ3) is 5.81. The average Bonchev–Trinajstić information content (AvgIpc) is 3.34. The fourth-order valence-electron chi connectivity index (χ4n) is 3.47. The predicted molar refractivity (Wildman–Crippen MR) is 117 cm³/mol. The third-order valence-corrected chi connectivity index (χ3v) is 5.08. The van der Waals surface area contributed by atoms with Gasteiger partial charge in [0.25, 0.3) is 11.8 Å². The summed E-state index contributed by atoms with van der Waals surface area (Å²) in [6.07, 6.45) is 1.46. The van der Waals surface area contributed by atoms with Gasteiger partial charge in [0.2, 0.25) is 0 Å². The van der Waals surface area contributed by atoms with Gasteiger partial charge in [0, 0.05) is 37.4 Å². The van der Waals surface area contributed by atoms with Crippen LogP contribution in [-0.4, -0.2) is 43.0 Å². The highest BCUT2D eigenvalue weighted by molar-refractivity contribution is 6.02. The van der Waals surface area contributed by atoms with E-state index in [0.717, 1.165) is 44.0 Å². The van der Waals surface area contributed by atoms with Crippen molar-refractivity contribution in [3.63, 3.8) is 0 Å². The molecule has 0 saturated carbocycles. The first-order chi connectivity index (χ1) is 15.2. The van der Waals surface area contributed by atoms with Gasteiger partial charge in [0.1, 0.15) is 0 Å². The number of rotatable bonds is 7. The van der Waals surface area contributed by atoms with Gasteiger partial charge < -0.3 is 19.8 Å². The molecule has 0 aliphatic carbocycles. The standard InChI is InChI=1S/C24H25N3O4/c28-23(20-6-1-5-19(14-20)17-27-9-12-30-13-10-27)25-16-18-4-2-7-21(15-18)26-24(29)22-8-3-11-31-22/h1-8,11,14-15H,9-10,12-13,16-17H2,(H,25,28)(H,26,29). The third-order valence-electron chi connectivity index (χ3n) is 5.08. The number of morpholine rings is 1. The van der Waals surface area contributed by atoms with Crippen LogP contribution in [0.3, 0.4) is 0 Å². The normalized spacial score (nSPS) is 14.2. The first-order valence-corrected chi connectivity index (χ1v) is 10.3. The molecule has 0 bridgehead atoms. The van der Waals surface area contributed by atoms with Crippen molar-refractivity contribution in [2.24, 2.45) is 0 Å². The zero-order chi connectivity index (χ0) is 21.5. The van der Waals surface area contributed by atoms with Gasteiger partial charge >= 0.3 is 0 Å². The lowest BCUT2D eigenvalue weighted by Gasteiger charge is -2.26. The minimum Gasteiger partial charge on any atom is -0.459 e. The lowest BCUT2D eigenvalue weighted by molar-refractivity contribution is 0.0342. The quantitative estimate of drug-likeness (QED) is 0.614. The second-order valence-corrected chi connectivity index (χ2v) is 7.40. The molecule has 3 aromatic rings. The van der Waals surface area contributed by atoms with Crippen LogP contribution in [0.15, 0.2) is 71.3 Å². The van der Waals surface area contributed by atoms with Gasteiger partial charge in [-0.15, -0.1) is 0 Å². The van der Waals surface area contributed by atoms with Gasteiger partial charge in [-0.25, -0.2) is 0 Å². The molecular formula is C24H25N3O4. The molecular weight excluding hydrogens is 394 g/mol. The van der Waals surface area contributed by atoms with E-state index in [1.54, 1.807) is 18.2 Å². The molecule has 0 spiro atoms. The Morgan fingerprint density at radius 1 is 0.903 bits per heavy atom. The number of hydrogen-bond acceptors (Lipinski definition) is 5. The maximum absolute atomic E-state index is 12.7. The number of amides is 2. The minimum atomic E-state index is -0.316. The van der Waals surface area contributed by atoms with Gasteiger partial charge in [-0.1, -0.05) is 24.3 Å². The number of ether oxygens (including phenoxy) is 1. The maximum atomic E-state index is 12.7. The second kappa shape index (κ2) is 10.1. The molecule has 7 heteroatoms. The van der Waals surface area contributed by atoms with Crippen LogP contribution >= 0.6 is 0 Å². The Morgan fingerprint density at radius 3 is 2.52 bits per heavy atom. The topological polar surface area (TPSA) is 83.8 Å². The van der Waals surface area contributed by atoms with Crippen LogP contribution in [0.25, 0.3) is 0 Å². The molecule has 1 fully saturated rings. The van der Waals surface area contributed by atoms with Gasteiger partial charge in [0.05, 0.1) is 19.5 Å². The van der Waals surface area contributed by atoms with Crippen LogP contribution in [0, 0.1) is 0 Å². The summed E-state index contributed by atoms with van der Waals surface area (Å²) in [5, 5.41) is 5.74. The molecule has 2 N–H and O–H groups in total. The van der Waals surface area contributed by atoms with Crippen molar-refractivity contribution < 1.29 is 18.7 Å². The fourth-order valence-corrected chi connectivity index (χ4v) is 3.47. The largest absolute Gasteiger partial charge is 0.459 e. The van der Waals surface area contributed by atoms with Gasteiger partial charge in [-0.3, -0.25) is 14.5 Å². The summed E-state index contributed by atoms with van der Waals surface area (Å²) in [5.74, 6) is -0.201. The zero-order valence-electron chi connectivity index (χ0n) is 17.2. The van der Waals surface area contributed by atoms with Gasteiger partial charge in [-0.2, -0.15) is 0 Å². The maximum Gasteiger partial charge on any atom is 0.291 e. The second-order valence-electron chi connectivity index (χ2n) is 7.40. The molecule has 2 aromatic carbocycles. The molecule has 0 atom stereocenters. The summed E-state index contributed by atoms with van der Waals surface area (Å²) in [4.78, 5) is 27.1. The Kier molecular flexibility index (Phi) is 6.76. The number of benzene rings is 2. The summed E-state index contributed by atoms with van der Waals surface area (Å²) < 4.78 is 10.5. The first kappa shape index (κ1) is 20.8. The smallest absolute Gasteiger partial charge is 0.291 e. The SMILES string of the molecule is O=C(NCc1cccc(NC(=O)c2ccco2)c1)c1cccc(CN2CCOCC2)c1. The molecule has 0 radical (unpaired) electrons. The Balaban J connectivity index is 1.33. The van der Waals surface area contributed by atoms with Gasteiger partial charge in [0.15, 0.2) is 5.76 Å². The number of anilines is 1. The molecule has 2 amide bonds. The minimum absolute atomic E-state index is 0.131. The van der Waals surface area contributed by atoms with E-state index in [0.29, 0.717) is 17.8 Å². The highest BCUT2D eigenvalue weighted by atomic mass is 16.5. The predicted octanol–water partition coefficient (Wildman–Crippen LogP) is 3.29. The summed E-state index contributed by atoms with van der Waals surface area (Å²) >= 11 is 0. The van der Waals surface area contributed by atoms with Crippen molar-refractivity contribution in [1.29, 1.82) is 0 Å². The van der Waals surface area contributed by atoms with Crippen LogP contribution in [0.4, 0.5) is 5.69 Å². The lowest BCUT2D eigenvalue weighted by atomic mass is 10.1. The van der Waals surface area contributed by atoms with Crippen LogP contribution in [0.1, 0.15) is 32.0 Å². The Hall–Kier alpha value is -3.42. The van der Waals surface area contributed by atoms with Crippen molar-refractivity contribution in [3.05, 3.63) is 89.4 Å². The summed E-state index contributed by atoms with van der Waals surface area (Å²) in [7, 11) is 0. The van der Waals surface area contributed by atoms with Crippen LogP contribution in [0.2, 0.25) is 0 Å². The van der Waals surface area contributed by atoms with Crippen LogP contribution in [0.5, 0.6) is 0 Å². The zero-order valence-corrected chi connectivity index (χ0v) is 17.2. The number of furan rings is 1. The molecule has 2 heterocycles. The van der Waals surface area contributed by atoms with E-state index in [1.165, 1.54) is 6.26 Å². The van der Waals surface area contributed by atoms with E-state index in [-0.39, 0.29) is 17.6 Å². The van der Waals surface area contributed by atoms with E-state index in [9.17, 15) is 9.59 Å². The van der Waals surface area contributed by atoms with Crippen molar-refractivity contribution in [1.82, 2.24) is 10.2 Å². The molecule has 160 valence electrons. The molecule has 31 heavy (non-hydrogen) atoms. The molecule has 0 unspecified atom stereocenters. The van der Waals surface area contributed by atoms with E-state index in [2.05, 4.69) is 15.5 Å². The molecule has 7 nitrogen and oxygen atoms in total. The van der Waals surface area contributed by atoms with E-state index >= 15 is 0 Å². The van der Waals surface area contributed by atoms with Crippen molar-refractivity contribution in [2.75, 3.05) is 31.6 Å². The Bertz CT molecular complexity index is 1030. The molecule has 1 aliphatic heterocycles. The summed E-state index contributed by atoms with van der Waals surface area (Å²) in [5.41, 5.74) is 3.26. The van der Waals surface area contributed by atoms with Crippen LogP contribution in [-0.2, 0) is 17.8 Å². The van der Waals surface area contributed by atoms with Crippen molar-refractivity contribution >= 4 is 17.5 Å². The molecule has 1 aromatic heterocycles. The Morgan fingerprint density at radius 2 is 1.71 bits per heavy atom. The summed E-state index contributed by atoms with van der Waals surface area (Å²) in [6.45, 7) is 4.48. The van der Waals surface area contributed by atoms with Crippen molar-refractivity contribution in [3.8, 4) is 0 Å². The highest BCUT2D eigenvalue weighted by Gasteiger charge is 2.13. The molecule has 1 aliphatic rings. The average molecular weight is 419 g/mol. The van der Waals surface area contributed by atoms with Crippen molar-refractivity contribution in [2.45, 2.75) is 13.1 Å². The molecule has 4 rings (SSSR count). The number of nitrogens with zero attached hydrogens (tertiary/aromatic N) is 1. The summed E-state index contributed by atoms with van der Waals surface area (Å²) in [6, 6.07) is 18.3. The van der Waals surface area contributed by atoms with Gasteiger partial charge in [-0.05, 0) is 47.5 Å². The van der Waals surface area contributed by atoms with E-state index in [1.807, 2.05) is 42.5 Å². The van der Waals surface area contributed by atoms with Crippen LogP contribution < -0.4 is 10.6 Å². The Labute approximate surface area is 181 Å². The van der Waals surface area contributed by atoms with E-state index < -0.39 is 0 Å². The number of carbonyl (C=O) groups is 2. The number of carbonyl (C=O) groups excluding carboxylic acids is 2. The monoisotopic (exact) mass is 419 g/mol. The number of hydrogen-bond donors (Lipinski definition) is 2. The number of nitrogens with one attached hydrogen (secondary N) is 2. The lowest BCUT2D eigenvalue weighted by Crippen LogP contribution is -2.35. The highest BCUT2D eigenvalue weighted by Crippen LogP contribution is 2.14. The van der Waals surface area contributed by atoms with E-state index in [4.69, 9.17) is 9.15 Å². The first-order valence-electron chi connectivity index (χ1n) is 10.3. The molecule has 1 saturated heterocycles. The fraction of sp³-hybridized carbons (Fsp3) is 0.250.